The number of hydrogen-bond donors (Lipinski definition) is 3. The van der Waals surface area contributed by atoms with E-state index < -0.39 is 17.9 Å². The zero-order valence-electron chi connectivity index (χ0n) is 29.2. The first-order valence-electron chi connectivity index (χ1n) is 16.3. The summed E-state index contributed by atoms with van der Waals surface area (Å²) in [5, 5.41) is 27.2. The molecule has 0 unspecified atom stereocenters. The fourth-order valence-electron chi connectivity index (χ4n) is 4.76. The van der Waals surface area contributed by atoms with Crippen LogP contribution in [0, 0.1) is 0 Å². The molecular weight excluding hydrogens is 682 g/mol. The summed E-state index contributed by atoms with van der Waals surface area (Å²) in [6, 6.07) is 0. The Hall–Kier alpha value is -4.12. The van der Waals surface area contributed by atoms with Crippen molar-refractivity contribution < 1.29 is 67.9 Å². The molecule has 21 nitrogen and oxygen atoms in total. The quantitative estimate of drug-likeness (QED) is 0.0437. The van der Waals surface area contributed by atoms with Crippen LogP contribution in [0.25, 0.3) is 0 Å². The Morgan fingerprint density at radius 3 is 1.41 bits per heavy atom. The number of hydrogen-bond acceptors (Lipinski definition) is 18. The second-order valence-electron chi connectivity index (χ2n) is 11.2. The van der Waals surface area contributed by atoms with Gasteiger partial charge in [-0.05, 0) is 6.54 Å². The van der Waals surface area contributed by atoms with Gasteiger partial charge in [-0.1, -0.05) is 6.92 Å². The lowest BCUT2D eigenvalue weighted by atomic mass is 10.3. The lowest BCUT2D eigenvalue weighted by Crippen LogP contribution is -2.48. The highest BCUT2D eigenvalue weighted by atomic mass is 16.5. The molecule has 21 heteroatoms. The van der Waals surface area contributed by atoms with Gasteiger partial charge in [-0.25, -0.2) is 0 Å². The summed E-state index contributed by atoms with van der Waals surface area (Å²) in [4.78, 5) is 98.0. The molecule has 0 aromatic carbocycles. The fraction of sp³-hybridized carbons (Fsp3) is 0.733. The number of nitrogens with zero attached hydrogens (tertiary/aromatic N) is 7. The molecule has 1 aliphatic heterocycles. The van der Waals surface area contributed by atoms with Crippen molar-refractivity contribution >= 4 is 49.9 Å². The Balaban J connectivity index is 0.000000988. The predicted octanol–water partition coefficient (Wildman–Crippen LogP) is -3.84. The standard InChI is InChI=1S/C16H28N4O7.C14H25N3O7/c21-10-9-17-1-3-18(11-15(23)24)4-5-19(12-16(25)26)6-8-20(7-2-17)13-27-14-22;1-2-15(10-23-12-19)3-4-16(9-14(21)22)5-6-17(7-8-18)11-24-13-20/h10,14H,1-9,11-13H2,(H,23,24)(H,25,26);8,12-13H,2-7,9-11H2,1H3,(H,21,22). The van der Waals surface area contributed by atoms with Gasteiger partial charge in [0.15, 0.2) is 0 Å². The highest BCUT2D eigenvalue weighted by Gasteiger charge is 2.19. The number of rotatable bonds is 26. The van der Waals surface area contributed by atoms with Gasteiger partial charge in [0.25, 0.3) is 19.4 Å². The summed E-state index contributed by atoms with van der Waals surface area (Å²) >= 11 is 0. The maximum Gasteiger partial charge on any atom is 0.317 e. The van der Waals surface area contributed by atoms with E-state index in [1.165, 1.54) is 0 Å². The first-order valence-corrected chi connectivity index (χ1v) is 16.3. The largest absolute Gasteiger partial charge is 0.480 e. The van der Waals surface area contributed by atoms with Gasteiger partial charge in [0.2, 0.25) is 0 Å². The van der Waals surface area contributed by atoms with E-state index in [2.05, 4.69) is 9.47 Å². The molecule has 3 N–H and O–H groups in total. The number of carboxylic acid groups (broad SMARTS) is 3. The highest BCUT2D eigenvalue weighted by Crippen LogP contribution is 2.01. The van der Waals surface area contributed by atoms with Gasteiger partial charge in [0, 0.05) is 78.5 Å². The first-order chi connectivity index (χ1) is 24.5. The molecule has 0 aromatic heterocycles. The number of carbonyl (C=O) groups is 8. The van der Waals surface area contributed by atoms with Crippen molar-refractivity contribution in [2.45, 2.75) is 6.92 Å². The van der Waals surface area contributed by atoms with Crippen molar-refractivity contribution in [1.82, 2.24) is 34.3 Å². The van der Waals surface area contributed by atoms with Crippen molar-refractivity contribution in [3.05, 3.63) is 0 Å². The molecule has 1 aliphatic rings. The Morgan fingerprint density at radius 2 is 1.00 bits per heavy atom. The van der Waals surface area contributed by atoms with E-state index >= 15 is 0 Å². The van der Waals surface area contributed by atoms with E-state index in [4.69, 9.17) is 20.1 Å². The molecule has 0 saturated carbocycles. The van der Waals surface area contributed by atoms with Crippen LogP contribution in [0.3, 0.4) is 0 Å². The van der Waals surface area contributed by atoms with Gasteiger partial charge in [0.05, 0.1) is 32.7 Å². The third-order valence-electron chi connectivity index (χ3n) is 7.56. The summed E-state index contributed by atoms with van der Waals surface area (Å²) in [7, 11) is 0. The van der Waals surface area contributed by atoms with Gasteiger partial charge < -0.3 is 39.1 Å². The molecular formula is C30H53N7O14. The molecule has 0 amide bonds. The van der Waals surface area contributed by atoms with Crippen molar-refractivity contribution in [2.75, 3.05) is 138 Å². The number of likely N-dealkylation sites (N-methyl/N-ethyl adjacent to an activating group) is 1. The van der Waals surface area contributed by atoms with Crippen LogP contribution in [0.2, 0.25) is 0 Å². The van der Waals surface area contributed by atoms with E-state index in [1.54, 1.807) is 19.6 Å². The van der Waals surface area contributed by atoms with E-state index in [9.17, 15) is 38.4 Å². The topological polar surface area (TPSA) is 248 Å². The molecule has 0 radical (unpaired) electrons. The SMILES string of the molecule is CCN(CCN(CCN(CC=O)COC=O)CC(=O)O)COC=O.O=CCN1CCN(COC=O)CCN(CC(=O)O)CCN(CC(=O)O)CC1. The molecule has 0 aliphatic carbocycles. The van der Waals surface area contributed by atoms with Crippen molar-refractivity contribution in [2.24, 2.45) is 0 Å². The predicted molar refractivity (Wildman–Crippen MR) is 177 cm³/mol. The lowest BCUT2D eigenvalue weighted by Gasteiger charge is -2.32. The van der Waals surface area contributed by atoms with Crippen LogP contribution in [0.15, 0.2) is 0 Å². The van der Waals surface area contributed by atoms with Crippen LogP contribution < -0.4 is 0 Å². The molecule has 292 valence electrons. The monoisotopic (exact) mass is 735 g/mol. The van der Waals surface area contributed by atoms with Crippen LogP contribution in [-0.4, -0.2) is 238 Å². The van der Waals surface area contributed by atoms with Gasteiger partial charge in [-0.15, -0.1) is 0 Å². The normalized spacial score (nSPS) is 15.5. The first kappa shape index (κ1) is 46.9. The second kappa shape index (κ2) is 30.7. The van der Waals surface area contributed by atoms with E-state index in [1.807, 2.05) is 21.6 Å². The molecule has 1 fully saturated rings. The van der Waals surface area contributed by atoms with E-state index in [0.717, 1.165) is 6.29 Å². The fourth-order valence-corrected chi connectivity index (χ4v) is 4.76. The summed E-state index contributed by atoms with van der Waals surface area (Å²) in [6.07, 6.45) is 1.49. The van der Waals surface area contributed by atoms with E-state index in [-0.39, 0.29) is 52.9 Å². The van der Waals surface area contributed by atoms with Crippen LogP contribution >= 0.6 is 0 Å². The molecule has 1 heterocycles. The Labute approximate surface area is 297 Å². The zero-order chi connectivity index (χ0) is 38.3. The summed E-state index contributed by atoms with van der Waals surface area (Å²) < 4.78 is 14.1. The van der Waals surface area contributed by atoms with Crippen molar-refractivity contribution in [3.8, 4) is 0 Å². The number of ether oxygens (including phenoxy) is 3. The summed E-state index contributed by atoms with van der Waals surface area (Å²) in [5.41, 5.74) is 0. The average Bonchev–Trinajstić information content (AvgIpc) is 3.08. The molecule has 1 saturated heterocycles. The third-order valence-corrected chi connectivity index (χ3v) is 7.56. The molecule has 0 bridgehead atoms. The zero-order valence-corrected chi connectivity index (χ0v) is 29.2. The third kappa shape index (κ3) is 26.4. The Bertz CT molecular complexity index is 1030. The maximum absolute atomic E-state index is 11.1. The number of aliphatic carboxylic acids is 3. The molecule has 1 rings (SSSR count). The Morgan fingerprint density at radius 1 is 0.569 bits per heavy atom. The molecule has 0 atom stereocenters. The maximum atomic E-state index is 11.1. The lowest BCUT2D eigenvalue weighted by molar-refractivity contribution is -0.140. The number of aldehydes is 2. The average molecular weight is 736 g/mol. The van der Waals surface area contributed by atoms with Crippen LogP contribution in [0.5, 0.6) is 0 Å². The van der Waals surface area contributed by atoms with Gasteiger partial charge in [-0.2, -0.15) is 0 Å². The van der Waals surface area contributed by atoms with Crippen LogP contribution in [0.1, 0.15) is 6.92 Å². The molecule has 0 spiro atoms. The smallest absolute Gasteiger partial charge is 0.317 e. The van der Waals surface area contributed by atoms with E-state index in [0.29, 0.717) is 111 Å². The minimum absolute atomic E-state index is 0.0303. The van der Waals surface area contributed by atoms with Crippen molar-refractivity contribution in [3.63, 3.8) is 0 Å². The minimum Gasteiger partial charge on any atom is -0.480 e. The van der Waals surface area contributed by atoms with Crippen LogP contribution in [-0.2, 0) is 52.6 Å². The molecule has 51 heavy (non-hydrogen) atoms. The molecule has 0 aromatic rings. The van der Waals surface area contributed by atoms with Gasteiger partial charge in [0.1, 0.15) is 32.8 Å². The Kier molecular flexibility index (Phi) is 28.2. The summed E-state index contributed by atoms with van der Waals surface area (Å²) in [5.74, 6) is -2.88. The van der Waals surface area contributed by atoms with Crippen molar-refractivity contribution in [1.29, 1.82) is 0 Å². The van der Waals surface area contributed by atoms with Gasteiger partial charge in [-0.3, -0.25) is 63.1 Å². The summed E-state index contributed by atoms with van der Waals surface area (Å²) in [6.45, 7) is 9.11. The van der Waals surface area contributed by atoms with Crippen LogP contribution in [0.4, 0.5) is 0 Å². The number of carbonyl (C=O) groups excluding carboxylic acids is 5. The minimum atomic E-state index is -0.965. The highest BCUT2D eigenvalue weighted by molar-refractivity contribution is 5.69. The number of carboxylic acids is 3. The van der Waals surface area contributed by atoms with Gasteiger partial charge >= 0.3 is 17.9 Å². The second-order valence-corrected chi connectivity index (χ2v) is 11.2.